The van der Waals surface area contributed by atoms with Gasteiger partial charge in [0.15, 0.2) is 0 Å². The Balaban J connectivity index is 1.75. The molecule has 2 aliphatic heterocycles. The molecule has 1 amide bonds. The molecule has 0 bridgehead atoms. The highest BCUT2D eigenvalue weighted by Crippen LogP contribution is 2.39. The van der Waals surface area contributed by atoms with Gasteiger partial charge in [0.1, 0.15) is 11.9 Å². The summed E-state index contributed by atoms with van der Waals surface area (Å²) in [5, 5.41) is 4.05. The molecule has 0 aromatic heterocycles. The van der Waals surface area contributed by atoms with Crippen molar-refractivity contribution < 1.29 is 23.6 Å². The standard InChI is InChI=1S/C20H25FN2O4/c1-3-26-19(25)20(9-6-10-23(13-20)14(2)24)12-15-11-18(22-27-15)16-7-4-5-8-17(16)21/h4-5,7-8,15H,3,6,9-13H2,1-2H3/t15-,20+/m1/s1. The number of hydrogen-bond acceptors (Lipinski definition) is 5. The first-order valence-corrected chi connectivity index (χ1v) is 9.35. The van der Waals surface area contributed by atoms with Crippen molar-refractivity contribution in [1.82, 2.24) is 4.90 Å². The summed E-state index contributed by atoms with van der Waals surface area (Å²) in [6.45, 7) is 4.51. The van der Waals surface area contributed by atoms with Gasteiger partial charge in [-0.05, 0) is 25.8 Å². The van der Waals surface area contributed by atoms with Crippen LogP contribution in [0.5, 0.6) is 0 Å². The second-order valence-corrected chi connectivity index (χ2v) is 7.20. The summed E-state index contributed by atoms with van der Waals surface area (Å²) < 4.78 is 19.3. The molecule has 1 fully saturated rings. The van der Waals surface area contributed by atoms with Crippen molar-refractivity contribution in [2.75, 3.05) is 19.7 Å². The number of nitrogens with zero attached hydrogens (tertiary/aromatic N) is 2. The van der Waals surface area contributed by atoms with Crippen molar-refractivity contribution in [2.45, 2.75) is 45.6 Å². The number of piperidine rings is 1. The molecule has 7 heteroatoms. The van der Waals surface area contributed by atoms with Gasteiger partial charge in [-0.3, -0.25) is 9.59 Å². The lowest BCUT2D eigenvalue weighted by molar-refractivity contribution is -0.163. The number of likely N-dealkylation sites (tertiary alicyclic amines) is 1. The maximum atomic E-state index is 14.0. The molecular formula is C20H25FN2O4. The molecule has 0 aliphatic carbocycles. The van der Waals surface area contributed by atoms with Gasteiger partial charge < -0.3 is 14.5 Å². The summed E-state index contributed by atoms with van der Waals surface area (Å²) in [6.07, 6.45) is 1.81. The second kappa shape index (κ2) is 8.06. The number of benzene rings is 1. The fourth-order valence-electron chi connectivity index (χ4n) is 3.93. The Morgan fingerprint density at radius 2 is 2.19 bits per heavy atom. The maximum absolute atomic E-state index is 14.0. The van der Waals surface area contributed by atoms with Crippen molar-refractivity contribution in [3.63, 3.8) is 0 Å². The van der Waals surface area contributed by atoms with Crippen LogP contribution in [0.25, 0.3) is 0 Å². The zero-order chi connectivity index (χ0) is 19.4. The molecule has 3 rings (SSSR count). The van der Waals surface area contributed by atoms with Crippen LogP contribution in [0.1, 0.15) is 45.1 Å². The van der Waals surface area contributed by atoms with Crippen LogP contribution in [0.2, 0.25) is 0 Å². The van der Waals surface area contributed by atoms with Crippen LogP contribution in [0.4, 0.5) is 4.39 Å². The summed E-state index contributed by atoms with van der Waals surface area (Å²) in [6, 6.07) is 6.43. The molecule has 0 N–H and O–H groups in total. The number of carbonyl (C=O) groups is 2. The Hall–Kier alpha value is -2.44. The highest BCUT2D eigenvalue weighted by molar-refractivity contribution is 6.01. The van der Waals surface area contributed by atoms with Crippen LogP contribution in [0, 0.1) is 11.2 Å². The van der Waals surface area contributed by atoms with Gasteiger partial charge >= 0.3 is 5.97 Å². The molecular weight excluding hydrogens is 351 g/mol. The highest BCUT2D eigenvalue weighted by Gasteiger charge is 2.47. The van der Waals surface area contributed by atoms with Gasteiger partial charge in [0.2, 0.25) is 5.91 Å². The Morgan fingerprint density at radius 1 is 1.41 bits per heavy atom. The largest absolute Gasteiger partial charge is 0.466 e. The molecule has 1 saturated heterocycles. The van der Waals surface area contributed by atoms with E-state index in [9.17, 15) is 14.0 Å². The summed E-state index contributed by atoms with van der Waals surface area (Å²) in [5.41, 5.74) is 0.140. The van der Waals surface area contributed by atoms with E-state index in [0.717, 1.165) is 6.42 Å². The molecule has 1 aromatic carbocycles. The number of hydrogen-bond donors (Lipinski definition) is 0. The van der Waals surface area contributed by atoms with E-state index in [-0.39, 0.29) is 30.4 Å². The SMILES string of the molecule is CCOC(=O)[C@]1(C[C@H]2CC(c3ccccc3F)=NO2)CCCN(C(C)=O)C1. The van der Waals surface area contributed by atoms with Gasteiger partial charge in [0.05, 0.1) is 17.7 Å². The minimum Gasteiger partial charge on any atom is -0.466 e. The Morgan fingerprint density at radius 3 is 2.89 bits per heavy atom. The molecule has 27 heavy (non-hydrogen) atoms. The lowest BCUT2D eigenvalue weighted by Gasteiger charge is -2.41. The van der Waals surface area contributed by atoms with Gasteiger partial charge in [-0.15, -0.1) is 0 Å². The molecule has 146 valence electrons. The average Bonchev–Trinajstić information content (AvgIpc) is 3.10. The highest BCUT2D eigenvalue weighted by atomic mass is 19.1. The van der Waals surface area contributed by atoms with E-state index in [4.69, 9.17) is 9.57 Å². The number of carbonyl (C=O) groups excluding carboxylic acids is 2. The van der Waals surface area contributed by atoms with Gasteiger partial charge in [0.25, 0.3) is 0 Å². The molecule has 2 heterocycles. The van der Waals surface area contributed by atoms with Gasteiger partial charge in [-0.25, -0.2) is 4.39 Å². The van der Waals surface area contributed by atoms with E-state index in [1.54, 1.807) is 30.0 Å². The fraction of sp³-hybridized carbons (Fsp3) is 0.550. The minimum atomic E-state index is -0.815. The lowest BCUT2D eigenvalue weighted by atomic mass is 9.74. The Labute approximate surface area is 158 Å². The second-order valence-electron chi connectivity index (χ2n) is 7.20. The molecule has 2 aliphatic rings. The first-order valence-electron chi connectivity index (χ1n) is 9.35. The minimum absolute atomic E-state index is 0.0565. The summed E-state index contributed by atoms with van der Waals surface area (Å²) in [4.78, 5) is 31.9. The average molecular weight is 376 g/mol. The lowest BCUT2D eigenvalue weighted by Crippen LogP contribution is -2.51. The molecule has 0 spiro atoms. The number of oxime groups is 1. The third-order valence-corrected chi connectivity index (χ3v) is 5.27. The van der Waals surface area contributed by atoms with E-state index in [2.05, 4.69) is 5.16 Å². The van der Waals surface area contributed by atoms with E-state index >= 15 is 0 Å². The van der Waals surface area contributed by atoms with Crippen molar-refractivity contribution in [1.29, 1.82) is 0 Å². The van der Waals surface area contributed by atoms with Gasteiger partial charge in [-0.2, -0.15) is 0 Å². The number of ether oxygens (including phenoxy) is 1. The molecule has 0 saturated carbocycles. The zero-order valence-electron chi connectivity index (χ0n) is 15.7. The molecule has 1 aromatic rings. The third-order valence-electron chi connectivity index (χ3n) is 5.27. The topological polar surface area (TPSA) is 68.2 Å². The smallest absolute Gasteiger partial charge is 0.314 e. The normalized spacial score (nSPS) is 24.9. The van der Waals surface area contributed by atoms with Crippen molar-refractivity contribution in [2.24, 2.45) is 10.6 Å². The van der Waals surface area contributed by atoms with Crippen LogP contribution in [-0.4, -0.2) is 48.3 Å². The van der Waals surface area contributed by atoms with E-state index < -0.39 is 5.41 Å². The Kier molecular flexibility index (Phi) is 5.77. The molecule has 2 atom stereocenters. The molecule has 6 nitrogen and oxygen atoms in total. The maximum Gasteiger partial charge on any atom is 0.314 e. The van der Waals surface area contributed by atoms with Crippen LogP contribution in [0.15, 0.2) is 29.4 Å². The van der Waals surface area contributed by atoms with Crippen molar-refractivity contribution >= 4 is 17.6 Å². The van der Waals surface area contributed by atoms with Gasteiger partial charge in [-0.1, -0.05) is 23.4 Å². The monoisotopic (exact) mass is 376 g/mol. The summed E-state index contributed by atoms with van der Waals surface area (Å²) in [5.74, 6) is -0.709. The van der Waals surface area contributed by atoms with Crippen molar-refractivity contribution in [3.05, 3.63) is 35.6 Å². The number of halogens is 1. The predicted octanol–water partition coefficient (Wildman–Crippen LogP) is 2.90. The molecule has 0 radical (unpaired) electrons. The van der Waals surface area contributed by atoms with Crippen molar-refractivity contribution in [3.8, 4) is 0 Å². The fourth-order valence-corrected chi connectivity index (χ4v) is 3.93. The first kappa shape index (κ1) is 19.3. The van der Waals surface area contributed by atoms with E-state index in [1.807, 2.05) is 0 Å². The molecule has 0 unspecified atom stereocenters. The van der Waals surface area contributed by atoms with Crippen LogP contribution < -0.4 is 0 Å². The third kappa shape index (κ3) is 4.12. The van der Waals surface area contributed by atoms with Crippen LogP contribution >= 0.6 is 0 Å². The number of amides is 1. The summed E-state index contributed by atoms with van der Waals surface area (Å²) in [7, 11) is 0. The van der Waals surface area contributed by atoms with Crippen LogP contribution in [-0.2, 0) is 19.2 Å². The number of rotatable bonds is 5. The summed E-state index contributed by atoms with van der Waals surface area (Å²) >= 11 is 0. The predicted molar refractivity (Wildman–Crippen MR) is 97.6 cm³/mol. The Bertz CT molecular complexity index is 751. The van der Waals surface area contributed by atoms with Gasteiger partial charge in [0, 0.05) is 38.4 Å². The van der Waals surface area contributed by atoms with Crippen LogP contribution in [0.3, 0.4) is 0 Å². The first-order chi connectivity index (χ1) is 12.9. The van der Waals surface area contributed by atoms with E-state index in [1.165, 1.54) is 13.0 Å². The quantitative estimate of drug-likeness (QED) is 0.741. The zero-order valence-corrected chi connectivity index (χ0v) is 15.7. The van der Waals surface area contributed by atoms with E-state index in [0.29, 0.717) is 43.6 Å². The number of esters is 1.